The number of carbonyl (C=O) groups is 2. The minimum absolute atomic E-state index is 0.144. The number of benzene rings is 1. The van der Waals surface area contributed by atoms with Crippen LogP contribution in [0.15, 0.2) is 29.4 Å². The molecule has 2 N–H and O–H groups in total. The van der Waals surface area contributed by atoms with Crippen LogP contribution in [0.4, 0.5) is 5.69 Å². The van der Waals surface area contributed by atoms with E-state index in [0.29, 0.717) is 12.3 Å². The monoisotopic (exact) mass is 250 g/mol. The van der Waals surface area contributed by atoms with Crippen LogP contribution in [0.2, 0.25) is 0 Å². The Balaban J connectivity index is 2.67. The van der Waals surface area contributed by atoms with Gasteiger partial charge in [-0.25, -0.2) is 0 Å². The molecule has 0 spiro atoms. The molecule has 1 aromatic carbocycles. The van der Waals surface area contributed by atoms with E-state index in [2.05, 4.69) is 10.5 Å². The first-order valence-corrected chi connectivity index (χ1v) is 5.38. The fraction of sp³-hybridized carbons (Fsp3) is 0.250. The molecular weight excluding hydrogens is 236 g/mol. The zero-order valence-electron chi connectivity index (χ0n) is 9.92. The van der Waals surface area contributed by atoms with Crippen LogP contribution < -0.4 is 5.32 Å². The van der Waals surface area contributed by atoms with Gasteiger partial charge in [0.05, 0.1) is 13.0 Å². The Kier molecular flexibility index (Phi) is 5.37. The van der Waals surface area contributed by atoms with Crippen molar-refractivity contribution in [2.45, 2.75) is 13.3 Å². The Bertz CT molecular complexity index is 457. The summed E-state index contributed by atoms with van der Waals surface area (Å²) in [4.78, 5) is 22.4. The van der Waals surface area contributed by atoms with E-state index in [-0.39, 0.29) is 12.4 Å². The van der Waals surface area contributed by atoms with Gasteiger partial charge in [-0.05, 0) is 24.6 Å². The Morgan fingerprint density at radius 2 is 2.28 bits per heavy atom. The molecule has 0 fully saturated rings. The molecule has 0 unspecified atom stereocenters. The van der Waals surface area contributed by atoms with Crippen molar-refractivity contribution in [2.24, 2.45) is 5.16 Å². The predicted octanol–water partition coefficient (Wildman–Crippen LogP) is 1.19. The second-order valence-electron chi connectivity index (χ2n) is 3.42. The minimum Gasteiger partial charge on any atom is -0.466 e. The Hall–Kier alpha value is -2.37. The van der Waals surface area contributed by atoms with E-state index in [1.165, 1.54) is 0 Å². The van der Waals surface area contributed by atoms with Gasteiger partial charge in [0.1, 0.15) is 6.21 Å². The highest BCUT2D eigenvalue weighted by molar-refractivity contribution is 6.31. The van der Waals surface area contributed by atoms with Gasteiger partial charge in [0.25, 0.3) is 5.91 Å². The van der Waals surface area contributed by atoms with Crippen molar-refractivity contribution in [1.29, 1.82) is 0 Å². The number of nitrogens with zero attached hydrogens (tertiary/aromatic N) is 1. The molecular formula is C12H14N2O4. The third kappa shape index (κ3) is 4.65. The van der Waals surface area contributed by atoms with Crippen LogP contribution in [0, 0.1) is 0 Å². The number of anilines is 1. The molecule has 96 valence electrons. The van der Waals surface area contributed by atoms with Gasteiger partial charge in [-0.15, -0.1) is 0 Å². The van der Waals surface area contributed by atoms with Crippen molar-refractivity contribution in [3.05, 3.63) is 29.8 Å². The van der Waals surface area contributed by atoms with Crippen molar-refractivity contribution in [2.75, 3.05) is 11.9 Å². The number of nitrogens with one attached hydrogen (secondary N) is 1. The standard InChI is InChI=1S/C12H14N2O4/c1-2-18-12(16)7-9-4-3-5-10(6-9)14-11(15)8-13-17/h3-6,8,17H,2,7H2,1H3,(H,14,15)/b13-8+. The van der Waals surface area contributed by atoms with Crippen LogP contribution in [-0.2, 0) is 20.7 Å². The highest BCUT2D eigenvalue weighted by Crippen LogP contribution is 2.11. The second kappa shape index (κ2) is 7.05. The van der Waals surface area contributed by atoms with Crippen LogP contribution in [-0.4, -0.2) is 29.9 Å². The van der Waals surface area contributed by atoms with Gasteiger partial charge in [0.2, 0.25) is 0 Å². The van der Waals surface area contributed by atoms with E-state index >= 15 is 0 Å². The summed E-state index contributed by atoms with van der Waals surface area (Å²) < 4.78 is 4.82. The maximum atomic E-state index is 11.3. The van der Waals surface area contributed by atoms with E-state index in [9.17, 15) is 9.59 Å². The average molecular weight is 250 g/mol. The lowest BCUT2D eigenvalue weighted by atomic mass is 10.1. The van der Waals surface area contributed by atoms with Gasteiger partial charge < -0.3 is 15.3 Å². The van der Waals surface area contributed by atoms with Gasteiger partial charge in [-0.3, -0.25) is 9.59 Å². The fourth-order valence-corrected chi connectivity index (χ4v) is 1.36. The topological polar surface area (TPSA) is 88.0 Å². The molecule has 0 saturated heterocycles. The summed E-state index contributed by atoms with van der Waals surface area (Å²) in [5.74, 6) is -0.872. The lowest BCUT2D eigenvalue weighted by Crippen LogP contribution is -2.13. The molecule has 0 aliphatic carbocycles. The summed E-state index contributed by atoms with van der Waals surface area (Å²) in [6, 6.07) is 6.78. The largest absolute Gasteiger partial charge is 0.466 e. The van der Waals surface area contributed by atoms with E-state index < -0.39 is 5.91 Å². The van der Waals surface area contributed by atoms with Crippen LogP contribution in [0.5, 0.6) is 0 Å². The number of rotatable bonds is 5. The Morgan fingerprint density at radius 3 is 2.94 bits per heavy atom. The van der Waals surface area contributed by atoms with Gasteiger partial charge in [0.15, 0.2) is 0 Å². The Morgan fingerprint density at radius 1 is 1.50 bits per heavy atom. The fourth-order valence-electron chi connectivity index (χ4n) is 1.36. The highest BCUT2D eigenvalue weighted by Gasteiger charge is 2.05. The maximum Gasteiger partial charge on any atom is 0.310 e. The average Bonchev–Trinajstić information content (AvgIpc) is 2.29. The molecule has 0 aliphatic rings. The van der Waals surface area contributed by atoms with Crippen LogP contribution in [0.3, 0.4) is 0 Å². The summed E-state index contributed by atoms with van der Waals surface area (Å²) >= 11 is 0. The van der Waals surface area contributed by atoms with Crippen molar-refractivity contribution < 1.29 is 19.5 Å². The lowest BCUT2D eigenvalue weighted by Gasteiger charge is -2.05. The molecule has 6 nitrogen and oxygen atoms in total. The highest BCUT2D eigenvalue weighted by atomic mass is 16.5. The molecule has 1 aromatic rings. The number of amides is 1. The van der Waals surface area contributed by atoms with Gasteiger partial charge in [-0.2, -0.15) is 0 Å². The first kappa shape index (κ1) is 13.7. The molecule has 0 heterocycles. The number of ether oxygens (including phenoxy) is 1. The van der Waals surface area contributed by atoms with E-state index in [1.807, 2.05) is 0 Å². The number of hydrogen-bond donors (Lipinski definition) is 2. The molecule has 0 aliphatic heterocycles. The number of esters is 1. The molecule has 18 heavy (non-hydrogen) atoms. The summed E-state index contributed by atoms with van der Waals surface area (Å²) in [5.41, 5.74) is 1.24. The van der Waals surface area contributed by atoms with Crippen LogP contribution in [0.25, 0.3) is 0 Å². The van der Waals surface area contributed by atoms with Gasteiger partial charge in [0, 0.05) is 5.69 Å². The maximum absolute atomic E-state index is 11.3. The smallest absolute Gasteiger partial charge is 0.310 e. The molecule has 0 atom stereocenters. The van der Waals surface area contributed by atoms with Crippen LogP contribution in [0.1, 0.15) is 12.5 Å². The van der Waals surface area contributed by atoms with E-state index in [0.717, 1.165) is 11.8 Å². The number of carbonyl (C=O) groups excluding carboxylic acids is 2. The Labute approximate surface area is 104 Å². The molecule has 6 heteroatoms. The third-order valence-electron chi connectivity index (χ3n) is 2.02. The van der Waals surface area contributed by atoms with E-state index in [4.69, 9.17) is 9.94 Å². The zero-order valence-corrected chi connectivity index (χ0v) is 9.92. The quantitative estimate of drug-likeness (QED) is 0.355. The summed E-state index contributed by atoms with van der Waals surface area (Å²) in [6.45, 7) is 2.07. The number of hydrogen-bond acceptors (Lipinski definition) is 5. The third-order valence-corrected chi connectivity index (χ3v) is 2.02. The van der Waals surface area contributed by atoms with Gasteiger partial charge in [-0.1, -0.05) is 17.3 Å². The molecule has 0 aromatic heterocycles. The lowest BCUT2D eigenvalue weighted by molar-refractivity contribution is -0.142. The molecule has 1 amide bonds. The number of oxime groups is 1. The zero-order chi connectivity index (χ0) is 13.4. The first-order valence-electron chi connectivity index (χ1n) is 5.38. The van der Waals surface area contributed by atoms with Crippen molar-refractivity contribution in [3.8, 4) is 0 Å². The SMILES string of the molecule is CCOC(=O)Cc1cccc(NC(=O)/C=N/O)c1. The normalized spacial score (nSPS) is 10.3. The molecule has 0 radical (unpaired) electrons. The second-order valence-corrected chi connectivity index (χ2v) is 3.42. The van der Waals surface area contributed by atoms with E-state index in [1.54, 1.807) is 31.2 Å². The van der Waals surface area contributed by atoms with Crippen LogP contribution >= 0.6 is 0 Å². The molecule has 0 saturated carbocycles. The van der Waals surface area contributed by atoms with Crippen molar-refractivity contribution in [3.63, 3.8) is 0 Å². The van der Waals surface area contributed by atoms with Crippen molar-refractivity contribution in [1.82, 2.24) is 0 Å². The summed E-state index contributed by atoms with van der Waals surface area (Å²) in [5, 5.41) is 13.3. The minimum atomic E-state index is -0.550. The van der Waals surface area contributed by atoms with Gasteiger partial charge >= 0.3 is 5.97 Å². The summed E-state index contributed by atoms with van der Waals surface area (Å²) in [6.07, 6.45) is 0.893. The van der Waals surface area contributed by atoms with Crippen molar-refractivity contribution >= 4 is 23.8 Å². The molecule has 0 bridgehead atoms. The first-order chi connectivity index (χ1) is 8.65. The molecule has 1 rings (SSSR count). The predicted molar refractivity (Wildman–Crippen MR) is 65.7 cm³/mol. The summed E-state index contributed by atoms with van der Waals surface area (Å²) in [7, 11) is 0.